The van der Waals surface area contributed by atoms with E-state index in [9.17, 15) is 4.79 Å². The van der Waals surface area contributed by atoms with E-state index in [1.807, 2.05) is 0 Å². The van der Waals surface area contributed by atoms with E-state index in [4.69, 9.17) is 20.7 Å². The van der Waals surface area contributed by atoms with Crippen LogP contribution >= 0.6 is 23.1 Å². The van der Waals surface area contributed by atoms with Gasteiger partial charge in [-0.1, -0.05) is 11.6 Å². The number of halogens is 1. The molecular formula is C18H22ClN5O2S. The van der Waals surface area contributed by atoms with Gasteiger partial charge in [0.2, 0.25) is 5.95 Å². The zero-order valence-corrected chi connectivity index (χ0v) is 16.7. The van der Waals surface area contributed by atoms with Crippen molar-refractivity contribution in [2.24, 2.45) is 0 Å². The van der Waals surface area contributed by atoms with Crippen LogP contribution in [0.5, 0.6) is 0 Å². The number of ketones is 1. The van der Waals surface area contributed by atoms with Crippen molar-refractivity contribution >= 4 is 34.9 Å². The number of nitrogens with zero attached hydrogens (tertiary/aromatic N) is 3. The van der Waals surface area contributed by atoms with Crippen molar-refractivity contribution in [2.75, 3.05) is 31.6 Å². The number of piperidine rings is 1. The summed E-state index contributed by atoms with van der Waals surface area (Å²) in [5, 5.41) is 7.00. The summed E-state index contributed by atoms with van der Waals surface area (Å²) in [6.45, 7) is 4.82. The number of carbonyl (C=O) groups excluding carboxylic acids is 1. The van der Waals surface area contributed by atoms with Gasteiger partial charge in [0.05, 0.1) is 27.8 Å². The molecule has 2 aromatic rings. The first-order valence-corrected chi connectivity index (χ1v) is 10.4. The van der Waals surface area contributed by atoms with Gasteiger partial charge >= 0.3 is 0 Å². The largest absolute Gasteiger partial charge is 0.374 e. The Morgan fingerprint density at radius 3 is 2.93 bits per heavy atom. The third-order valence-electron chi connectivity index (χ3n) is 5.13. The molecule has 0 unspecified atom stereocenters. The fraction of sp³-hybridized carbons (Fsp3) is 0.556. The minimum absolute atomic E-state index is 0.0171. The molecule has 0 aliphatic carbocycles. The van der Waals surface area contributed by atoms with Crippen molar-refractivity contribution in [3.05, 3.63) is 22.5 Å². The number of carbonyl (C=O) groups is 1. The molecule has 9 heteroatoms. The van der Waals surface area contributed by atoms with Crippen LogP contribution in [0.4, 0.5) is 5.95 Å². The van der Waals surface area contributed by atoms with Crippen molar-refractivity contribution in [3.8, 4) is 10.6 Å². The summed E-state index contributed by atoms with van der Waals surface area (Å²) < 4.78 is 9.89. The normalized spacial score (nSPS) is 21.4. The molecule has 144 valence electrons. The van der Waals surface area contributed by atoms with E-state index in [2.05, 4.69) is 27.5 Å². The van der Waals surface area contributed by atoms with Crippen molar-refractivity contribution < 1.29 is 9.53 Å². The third-order valence-corrected chi connectivity index (χ3v) is 6.38. The van der Waals surface area contributed by atoms with Gasteiger partial charge < -0.3 is 15.4 Å². The van der Waals surface area contributed by atoms with Crippen LogP contribution in [0.15, 0.2) is 6.20 Å². The Kier molecular flexibility index (Phi) is 5.68. The number of Topliss-reactive ketones (excluding diaryl/α,β-unsaturated/α-hetero) is 1. The van der Waals surface area contributed by atoms with E-state index in [1.165, 1.54) is 11.5 Å². The Morgan fingerprint density at radius 2 is 2.15 bits per heavy atom. The van der Waals surface area contributed by atoms with Gasteiger partial charge in [0, 0.05) is 12.5 Å². The Labute approximate surface area is 167 Å². The van der Waals surface area contributed by atoms with Crippen LogP contribution in [-0.4, -0.2) is 52.5 Å². The molecule has 2 aliphatic rings. The maximum Gasteiger partial charge on any atom is 0.223 e. The summed E-state index contributed by atoms with van der Waals surface area (Å²) in [6, 6.07) is -0.319. The zero-order valence-electron chi connectivity index (χ0n) is 15.1. The lowest BCUT2D eigenvalue weighted by molar-refractivity contribution is -0.128. The number of ether oxygens (including phenoxy) is 1. The van der Waals surface area contributed by atoms with Crippen LogP contribution in [0.2, 0.25) is 5.02 Å². The number of aromatic nitrogens is 3. The van der Waals surface area contributed by atoms with Crippen molar-refractivity contribution in [3.63, 3.8) is 0 Å². The summed E-state index contributed by atoms with van der Waals surface area (Å²) in [6.07, 6.45) is 4.39. The lowest BCUT2D eigenvalue weighted by Gasteiger charge is -2.22. The molecule has 4 rings (SSSR count). The number of hydrogen-bond acceptors (Lipinski definition) is 8. The van der Waals surface area contributed by atoms with Gasteiger partial charge in [-0.05, 0) is 56.4 Å². The van der Waals surface area contributed by atoms with Crippen LogP contribution in [0.3, 0.4) is 0 Å². The average Bonchev–Trinajstić information content (AvgIpc) is 3.07. The van der Waals surface area contributed by atoms with Gasteiger partial charge in [-0.3, -0.25) is 4.79 Å². The summed E-state index contributed by atoms with van der Waals surface area (Å²) in [5.74, 6) is 0.906. The Balaban J connectivity index is 1.60. The van der Waals surface area contributed by atoms with Gasteiger partial charge in [0.25, 0.3) is 0 Å². The minimum atomic E-state index is -0.319. The highest BCUT2D eigenvalue weighted by atomic mass is 35.5. The minimum Gasteiger partial charge on any atom is -0.374 e. The number of nitrogens with one attached hydrogen (secondary N) is 2. The quantitative estimate of drug-likeness (QED) is 0.805. The Hall–Kier alpha value is -1.61. The second-order valence-electron chi connectivity index (χ2n) is 6.94. The van der Waals surface area contributed by atoms with Crippen LogP contribution in [0, 0.1) is 6.92 Å². The molecule has 1 atom stereocenters. The smallest absolute Gasteiger partial charge is 0.223 e. The Morgan fingerprint density at radius 1 is 1.33 bits per heavy atom. The van der Waals surface area contributed by atoms with Crippen molar-refractivity contribution in [1.82, 2.24) is 19.7 Å². The molecule has 2 aromatic heterocycles. The lowest BCUT2D eigenvalue weighted by atomic mass is 9.92. The molecule has 0 bridgehead atoms. The summed E-state index contributed by atoms with van der Waals surface area (Å²) in [7, 11) is 0. The first-order valence-electron chi connectivity index (χ1n) is 9.20. The molecule has 0 amide bonds. The van der Waals surface area contributed by atoms with Crippen LogP contribution in [0.25, 0.3) is 10.6 Å². The molecular weight excluding hydrogens is 386 g/mol. The molecule has 2 aliphatic heterocycles. The van der Waals surface area contributed by atoms with Crippen molar-refractivity contribution in [1.29, 1.82) is 0 Å². The number of hydrogen-bond donors (Lipinski definition) is 2. The standard InChI is InChI=1S/C18H22ClN5O2S/c1-10-15(11-2-5-20-6-3-11)24-27-17(10)16-12(19)8-21-18(23-16)22-13-4-7-26-9-14(13)25/h8,11,13,20H,2-7,9H2,1H3,(H,21,22,23)/t13-/m1/s1. The van der Waals surface area contributed by atoms with E-state index < -0.39 is 0 Å². The van der Waals surface area contributed by atoms with Crippen LogP contribution in [0.1, 0.15) is 36.4 Å². The van der Waals surface area contributed by atoms with E-state index in [0.29, 0.717) is 35.6 Å². The van der Waals surface area contributed by atoms with Crippen LogP contribution in [-0.2, 0) is 9.53 Å². The molecule has 27 heavy (non-hydrogen) atoms. The maximum absolute atomic E-state index is 12.0. The molecule has 0 radical (unpaired) electrons. The Bertz CT molecular complexity index is 837. The topological polar surface area (TPSA) is 89.0 Å². The van der Waals surface area contributed by atoms with E-state index >= 15 is 0 Å². The maximum atomic E-state index is 12.0. The summed E-state index contributed by atoms with van der Waals surface area (Å²) >= 11 is 7.83. The van der Waals surface area contributed by atoms with E-state index in [1.54, 1.807) is 6.20 Å². The molecule has 2 fully saturated rings. The van der Waals surface area contributed by atoms with E-state index in [-0.39, 0.29) is 18.4 Å². The van der Waals surface area contributed by atoms with Gasteiger partial charge in [0.1, 0.15) is 12.3 Å². The molecule has 7 nitrogen and oxygen atoms in total. The average molecular weight is 408 g/mol. The molecule has 0 spiro atoms. The molecule has 2 N–H and O–H groups in total. The van der Waals surface area contributed by atoms with Gasteiger partial charge in [-0.25, -0.2) is 9.97 Å². The fourth-order valence-corrected chi connectivity index (χ4v) is 4.79. The van der Waals surface area contributed by atoms with Crippen molar-refractivity contribution in [2.45, 2.75) is 38.1 Å². The molecule has 0 saturated carbocycles. The molecule has 2 saturated heterocycles. The first-order chi connectivity index (χ1) is 13.1. The second-order valence-corrected chi connectivity index (χ2v) is 8.12. The first kappa shape index (κ1) is 18.7. The zero-order chi connectivity index (χ0) is 18.8. The number of rotatable bonds is 4. The predicted molar refractivity (Wildman–Crippen MR) is 106 cm³/mol. The highest BCUT2D eigenvalue weighted by Gasteiger charge is 2.26. The second kappa shape index (κ2) is 8.18. The summed E-state index contributed by atoms with van der Waals surface area (Å²) in [5.41, 5.74) is 2.96. The van der Waals surface area contributed by atoms with Gasteiger partial charge in [-0.2, -0.15) is 4.37 Å². The lowest BCUT2D eigenvalue weighted by Crippen LogP contribution is -2.38. The SMILES string of the molecule is Cc1c(C2CCNCC2)nsc1-c1nc(N[C@@H]2CCOCC2=O)ncc1Cl. The van der Waals surface area contributed by atoms with E-state index in [0.717, 1.165) is 42.1 Å². The van der Waals surface area contributed by atoms with Gasteiger partial charge in [0.15, 0.2) is 5.78 Å². The monoisotopic (exact) mass is 407 g/mol. The van der Waals surface area contributed by atoms with Crippen LogP contribution < -0.4 is 10.6 Å². The fourth-order valence-electron chi connectivity index (χ4n) is 3.58. The predicted octanol–water partition coefficient (Wildman–Crippen LogP) is 2.80. The molecule has 4 heterocycles. The third kappa shape index (κ3) is 3.99. The highest BCUT2D eigenvalue weighted by Crippen LogP contribution is 2.38. The summed E-state index contributed by atoms with van der Waals surface area (Å²) in [4.78, 5) is 21.8. The van der Waals surface area contributed by atoms with Gasteiger partial charge in [-0.15, -0.1) is 0 Å². The highest BCUT2D eigenvalue weighted by molar-refractivity contribution is 7.09. The molecule has 0 aromatic carbocycles. The number of anilines is 1.